The van der Waals surface area contributed by atoms with Crippen LogP contribution >= 0.6 is 11.3 Å². The first-order valence-electron chi connectivity index (χ1n) is 8.62. The molecule has 0 bridgehead atoms. The largest absolute Gasteiger partial charge is 0.336 e. The number of aromatic nitrogens is 1. The van der Waals surface area contributed by atoms with Crippen molar-refractivity contribution in [2.24, 2.45) is 0 Å². The van der Waals surface area contributed by atoms with E-state index >= 15 is 0 Å². The summed E-state index contributed by atoms with van der Waals surface area (Å²) in [6.45, 7) is 1.39. The topological polar surface area (TPSA) is 62.6 Å². The molecule has 2 aromatic heterocycles. The standard InChI is InChI=1S/C19H19N3O3S2/c23-19(16-5-3-6-17(15-16)20-8-1-2-9-20)21-10-12-22(13-11-21)27(24,25)18-7-4-14-26-18/h1-9,14-15H,10-13H2. The zero-order chi connectivity index (χ0) is 18.9. The van der Waals surface area contributed by atoms with Crippen LogP contribution in [0.4, 0.5) is 0 Å². The van der Waals surface area contributed by atoms with Gasteiger partial charge in [-0.2, -0.15) is 4.31 Å². The first-order chi connectivity index (χ1) is 13.1. The normalized spacial score (nSPS) is 15.8. The van der Waals surface area contributed by atoms with Gasteiger partial charge in [-0.15, -0.1) is 11.3 Å². The van der Waals surface area contributed by atoms with E-state index in [2.05, 4.69) is 0 Å². The molecule has 0 saturated carbocycles. The smallest absolute Gasteiger partial charge is 0.254 e. The third-order valence-electron chi connectivity index (χ3n) is 4.61. The summed E-state index contributed by atoms with van der Waals surface area (Å²) >= 11 is 1.22. The van der Waals surface area contributed by atoms with Crippen LogP contribution < -0.4 is 0 Å². The number of carbonyl (C=O) groups excluding carboxylic acids is 1. The van der Waals surface area contributed by atoms with Crippen molar-refractivity contribution in [2.45, 2.75) is 4.21 Å². The fourth-order valence-electron chi connectivity index (χ4n) is 3.16. The van der Waals surface area contributed by atoms with Crippen molar-refractivity contribution in [3.8, 4) is 5.69 Å². The van der Waals surface area contributed by atoms with E-state index < -0.39 is 10.0 Å². The second-order valence-electron chi connectivity index (χ2n) is 6.27. The van der Waals surface area contributed by atoms with Gasteiger partial charge in [-0.25, -0.2) is 8.42 Å². The summed E-state index contributed by atoms with van der Waals surface area (Å²) in [7, 11) is -3.46. The highest BCUT2D eigenvalue weighted by Crippen LogP contribution is 2.22. The molecular weight excluding hydrogens is 382 g/mol. The zero-order valence-corrected chi connectivity index (χ0v) is 16.2. The molecule has 0 unspecified atom stereocenters. The molecule has 0 atom stereocenters. The molecule has 3 aromatic rings. The molecule has 4 rings (SSSR count). The summed E-state index contributed by atoms with van der Waals surface area (Å²) in [5.41, 5.74) is 1.53. The molecule has 6 nitrogen and oxygen atoms in total. The molecule has 0 radical (unpaired) electrons. The van der Waals surface area contributed by atoms with Gasteiger partial charge in [0.25, 0.3) is 15.9 Å². The van der Waals surface area contributed by atoms with Crippen LogP contribution in [0.15, 0.2) is 70.5 Å². The Bertz CT molecular complexity index is 1020. The molecule has 1 aliphatic heterocycles. The van der Waals surface area contributed by atoms with Crippen LogP contribution in [0.3, 0.4) is 0 Å². The van der Waals surface area contributed by atoms with E-state index in [-0.39, 0.29) is 5.91 Å². The van der Waals surface area contributed by atoms with Crippen LogP contribution in [-0.4, -0.2) is 54.3 Å². The minimum absolute atomic E-state index is 0.0721. The molecule has 0 N–H and O–H groups in total. The number of amides is 1. The van der Waals surface area contributed by atoms with E-state index in [1.807, 2.05) is 47.3 Å². The lowest BCUT2D eigenvalue weighted by Crippen LogP contribution is -2.50. The Morgan fingerprint density at radius 2 is 1.67 bits per heavy atom. The molecule has 3 heterocycles. The van der Waals surface area contributed by atoms with Crippen molar-refractivity contribution in [3.05, 3.63) is 71.9 Å². The van der Waals surface area contributed by atoms with E-state index in [0.717, 1.165) is 5.69 Å². The maximum Gasteiger partial charge on any atom is 0.254 e. The number of thiophene rings is 1. The molecule has 8 heteroatoms. The first-order valence-corrected chi connectivity index (χ1v) is 10.9. The van der Waals surface area contributed by atoms with Gasteiger partial charge >= 0.3 is 0 Å². The number of carbonyl (C=O) groups is 1. The van der Waals surface area contributed by atoms with Crippen LogP contribution in [0.2, 0.25) is 0 Å². The van der Waals surface area contributed by atoms with E-state index in [1.54, 1.807) is 28.5 Å². The van der Waals surface area contributed by atoms with Gasteiger partial charge in [-0.3, -0.25) is 4.79 Å². The summed E-state index contributed by atoms with van der Waals surface area (Å²) < 4.78 is 29.0. The van der Waals surface area contributed by atoms with E-state index in [4.69, 9.17) is 0 Å². The average molecular weight is 402 g/mol. The lowest BCUT2D eigenvalue weighted by atomic mass is 10.1. The molecule has 1 saturated heterocycles. The fraction of sp³-hybridized carbons (Fsp3) is 0.211. The van der Waals surface area contributed by atoms with Gasteiger partial charge in [-0.05, 0) is 41.8 Å². The van der Waals surface area contributed by atoms with Gasteiger partial charge in [0, 0.05) is 49.8 Å². The summed E-state index contributed by atoms with van der Waals surface area (Å²) in [5, 5.41) is 1.75. The van der Waals surface area contributed by atoms with Crippen molar-refractivity contribution >= 4 is 27.3 Å². The Balaban J connectivity index is 1.46. The maximum atomic E-state index is 12.9. The van der Waals surface area contributed by atoms with Crippen LogP contribution in [0.5, 0.6) is 0 Å². The third kappa shape index (κ3) is 3.55. The number of piperazine rings is 1. The fourth-order valence-corrected chi connectivity index (χ4v) is 5.72. The predicted octanol–water partition coefficient (Wildman–Crippen LogP) is 2.69. The number of hydrogen-bond donors (Lipinski definition) is 0. The quantitative estimate of drug-likeness (QED) is 0.675. The third-order valence-corrected chi connectivity index (χ3v) is 7.88. The van der Waals surface area contributed by atoms with Gasteiger partial charge in [-0.1, -0.05) is 12.1 Å². The molecule has 0 aliphatic carbocycles. The van der Waals surface area contributed by atoms with Gasteiger partial charge in [0.15, 0.2) is 0 Å². The van der Waals surface area contributed by atoms with Gasteiger partial charge in [0.05, 0.1) is 0 Å². The average Bonchev–Trinajstić information content (AvgIpc) is 3.41. The minimum Gasteiger partial charge on any atom is -0.336 e. The second-order valence-corrected chi connectivity index (χ2v) is 9.38. The Morgan fingerprint density at radius 3 is 2.33 bits per heavy atom. The predicted molar refractivity (Wildman–Crippen MR) is 105 cm³/mol. The highest BCUT2D eigenvalue weighted by atomic mass is 32.2. The van der Waals surface area contributed by atoms with Crippen molar-refractivity contribution in [3.63, 3.8) is 0 Å². The monoisotopic (exact) mass is 401 g/mol. The van der Waals surface area contributed by atoms with E-state index in [9.17, 15) is 13.2 Å². The van der Waals surface area contributed by atoms with E-state index in [0.29, 0.717) is 36.0 Å². The van der Waals surface area contributed by atoms with Crippen LogP contribution in [0.1, 0.15) is 10.4 Å². The summed E-state index contributed by atoms with van der Waals surface area (Å²) in [5.74, 6) is -0.0721. The molecule has 0 spiro atoms. The summed E-state index contributed by atoms with van der Waals surface area (Å²) in [6.07, 6.45) is 3.86. The summed E-state index contributed by atoms with van der Waals surface area (Å²) in [4.78, 5) is 14.6. The number of benzene rings is 1. The summed E-state index contributed by atoms with van der Waals surface area (Å²) in [6, 6.07) is 14.7. The van der Waals surface area contributed by atoms with Crippen LogP contribution in [0.25, 0.3) is 5.69 Å². The van der Waals surface area contributed by atoms with Crippen molar-refractivity contribution < 1.29 is 13.2 Å². The second kappa shape index (κ2) is 7.30. The number of sulfonamides is 1. The zero-order valence-electron chi connectivity index (χ0n) is 14.6. The Kier molecular flexibility index (Phi) is 4.86. The van der Waals surface area contributed by atoms with Crippen molar-refractivity contribution in [1.29, 1.82) is 0 Å². The molecule has 140 valence electrons. The number of rotatable bonds is 4. The molecular formula is C19H19N3O3S2. The van der Waals surface area contributed by atoms with Crippen LogP contribution in [-0.2, 0) is 10.0 Å². The molecule has 1 aromatic carbocycles. The maximum absolute atomic E-state index is 12.9. The van der Waals surface area contributed by atoms with Gasteiger partial charge in [0.1, 0.15) is 4.21 Å². The van der Waals surface area contributed by atoms with Crippen molar-refractivity contribution in [2.75, 3.05) is 26.2 Å². The SMILES string of the molecule is O=C(c1cccc(-n2cccc2)c1)N1CCN(S(=O)(=O)c2cccs2)CC1. The molecule has 1 amide bonds. The Labute approximate surface area is 162 Å². The lowest BCUT2D eigenvalue weighted by Gasteiger charge is -2.33. The minimum atomic E-state index is -3.46. The lowest BCUT2D eigenvalue weighted by molar-refractivity contribution is 0.0698. The first kappa shape index (κ1) is 18.0. The molecule has 1 fully saturated rings. The molecule has 1 aliphatic rings. The van der Waals surface area contributed by atoms with Gasteiger partial charge < -0.3 is 9.47 Å². The Morgan fingerprint density at radius 1 is 0.926 bits per heavy atom. The number of nitrogens with zero attached hydrogens (tertiary/aromatic N) is 3. The van der Waals surface area contributed by atoms with E-state index in [1.165, 1.54) is 15.6 Å². The highest BCUT2D eigenvalue weighted by Gasteiger charge is 2.31. The Hall–Kier alpha value is -2.42. The van der Waals surface area contributed by atoms with Crippen molar-refractivity contribution in [1.82, 2.24) is 13.8 Å². The van der Waals surface area contributed by atoms with Crippen LogP contribution in [0, 0.1) is 0 Å². The van der Waals surface area contributed by atoms with Gasteiger partial charge in [0.2, 0.25) is 0 Å². The highest BCUT2D eigenvalue weighted by molar-refractivity contribution is 7.91. The number of hydrogen-bond acceptors (Lipinski definition) is 4. The molecule has 27 heavy (non-hydrogen) atoms.